The Morgan fingerprint density at radius 1 is 0.952 bits per heavy atom. The molecule has 0 aromatic heterocycles. The van der Waals surface area contributed by atoms with E-state index in [-0.39, 0.29) is 32.8 Å². The summed E-state index contributed by atoms with van der Waals surface area (Å²) in [4.78, 5) is 12.9. The van der Waals surface area contributed by atoms with E-state index in [1.807, 2.05) is 61.5 Å². The van der Waals surface area contributed by atoms with E-state index in [0.717, 1.165) is 17.5 Å². The van der Waals surface area contributed by atoms with Gasteiger partial charge in [-0.3, -0.25) is 0 Å². The highest BCUT2D eigenvalue weighted by atomic mass is 35.5. The normalized spacial score (nSPS) is 13.9. The molecule has 212 valence electrons. The van der Waals surface area contributed by atoms with Crippen LogP contribution in [0, 0.1) is 11.3 Å². The summed E-state index contributed by atoms with van der Waals surface area (Å²) in [6, 6.07) is 27.3. The summed E-state index contributed by atoms with van der Waals surface area (Å²) in [5.41, 5.74) is 9.18. The van der Waals surface area contributed by atoms with Gasteiger partial charge in [-0.1, -0.05) is 78.7 Å². The number of nitrogens with zero attached hydrogens (tertiary/aromatic N) is 1. The van der Waals surface area contributed by atoms with Crippen molar-refractivity contribution in [1.29, 1.82) is 5.26 Å². The summed E-state index contributed by atoms with van der Waals surface area (Å²) in [5, 5.41) is 10.3. The molecule has 2 N–H and O–H groups in total. The molecule has 0 radical (unpaired) electrons. The average Bonchev–Trinajstić information content (AvgIpc) is 2.99. The third-order valence-corrected chi connectivity index (χ3v) is 7.11. The molecule has 0 spiro atoms. The van der Waals surface area contributed by atoms with Gasteiger partial charge in [-0.2, -0.15) is 5.26 Å². The molecule has 0 aliphatic carbocycles. The lowest BCUT2D eigenvalue weighted by Gasteiger charge is -2.27. The van der Waals surface area contributed by atoms with Crippen molar-refractivity contribution in [2.24, 2.45) is 5.73 Å². The maximum absolute atomic E-state index is 12.9. The minimum Gasteiger partial charge on any atom is -0.490 e. The van der Waals surface area contributed by atoms with E-state index in [1.165, 1.54) is 12.1 Å². The fourth-order valence-corrected chi connectivity index (χ4v) is 5.12. The second-order valence-electron chi connectivity index (χ2n) is 9.47. The van der Waals surface area contributed by atoms with Crippen LogP contribution in [0.25, 0.3) is 0 Å². The SMILES string of the molecule is CCCOc1c(Cl)cc(C(=O)Oc2ccc3c(c2)OC(N)=C(C#N)C3c2ccc(OCc3ccccc3)cc2)cc1Cl. The second-order valence-corrected chi connectivity index (χ2v) is 10.3. The number of allylic oxidation sites excluding steroid dienone is 1. The number of fused-ring (bicyclic) bond motifs is 1. The predicted molar refractivity (Wildman–Crippen MR) is 160 cm³/mol. The minimum absolute atomic E-state index is 0.0240. The molecule has 9 heteroatoms. The number of hydrogen-bond acceptors (Lipinski definition) is 7. The van der Waals surface area contributed by atoms with Crippen LogP contribution >= 0.6 is 23.2 Å². The molecule has 1 aliphatic rings. The topological polar surface area (TPSA) is 104 Å². The van der Waals surface area contributed by atoms with E-state index < -0.39 is 11.9 Å². The number of halogens is 2. The standard InChI is InChI=1S/C33H26Cl2N2O5/c1-2-14-39-31-27(34)15-22(16-28(31)35)33(38)41-24-12-13-25-29(17-24)42-32(37)26(18-36)30(25)21-8-10-23(11-9-21)40-19-20-6-4-3-5-7-20/h3-13,15-17,30H,2,14,19,37H2,1H3. The number of nitrogens with two attached hydrogens (primary N) is 1. The van der Waals surface area contributed by atoms with Gasteiger partial charge in [0.25, 0.3) is 0 Å². The number of esters is 1. The molecule has 0 bridgehead atoms. The van der Waals surface area contributed by atoms with Crippen molar-refractivity contribution >= 4 is 29.2 Å². The first-order valence-corrected chi connectivity index (χ1v) is 14.0. The number of rotatable bonds is 9. The highest BCUT2D eigenvalue weighted by Gasteiger charge is 2.31. The smallest absolute Gasteiger partial charge is 0.343 e. The third kappa shape index (κ3) is 6.31. The van der Waals surface area contributed by atoms with Crippen LogP contribution in [-0.2, 0) is 6.61 Å². The highest BCUT2D eigenvalue weighted by Crippen LogP contribution is 2.44. The molecule has 0 amide bonds. The van der Waals surface area contributed by atoms with E-state index in [4.69, 9.17) is 47.9 Å². The summed E-state index contributed by atoms with van der Waals surface area (Å²) in [6.45, 7) is 2.84. The first-order chi connectivity index (χ1) is 20.4. The van der Waals surface area contributed by atoms with Gasteiger partial charge in [-0.25, -0.2) is 4.79 Å². The molecular formula is C33H26Cl2N2O5. The minimum atomic E-state index is -0.666. The van der Waals surface area contributed by atoms with Crippen molar-refractivity contribution in [1.82, 2.24) is 0 Å². The van der Waals surface area contributed by atoms with Crippen molar-refractivity contribution in [2.45, 2.75) is 25.9 Å². The molecule has 7 nitrogen and oxygen atoms in total. The van der Waals surface area contributed by atoms with Crippen LogP contribution in [-0.4, -0.2) is 12.6 Å². The van der Waals surface area contributed by atoms with Gasteiger partial charge in [0.15, 0.2) is 5.75 Å². The van der Waals surface area contributed by atoms with Crippen molar-refractivity contribution in [3.05, 3.63) is 129 Å². The Morgan fingerprint density at radius 3 is 2.31 bits per heavy atom. The summed E-state index contributed by atoms with van der Waals surface area (Å²) in [7, 11) is 0. The summed E-state index contributed by atoms with van der Waals surface area (Å²) in [5.74, 6) is 0.415. The van der Waals surface area contributed by atoms with E-state index in [0.29, 0.717) is 36.0 Å². The second kappa shape index (κ2) is 12.9. The maximum Gasteiger partial charge on any atom is 0.343 e. The molecule has 0 saturated carbocycles. The number of benzene rings is 4. The van der Waals surface area contributed by atoms with Crippen molar-refractivity contribution < 1.29 is 23.7 Å². The Morgan fingerprint density at radius 2 is 1.64 bits per heavy atom. The Hall–Kier alpha value is -4.64. The van der Waals surface area contributed by atoms with Crippen molar-refractivity contribution in [3.8, 4) is 29.1 Å². The van der Waals surface area contributed by atoms with Gasteiger partial charge in [0.05, 0.1) is 28.1 Å². The van der Waals surface area contributed by atoms with Crippen LogP contribution in [0.15, 0.2) is 96.4 Å². The molecule has 0 saturated heterocycles. The quantitative estimate of drug-likeness (QED) is 0.154. The zero-order valence-electron chi connectivity index (χ0n) is 22.6. The van der Waals surface area contributed by atoms with Crippen molar-refractivity contribution in [3.63, 3.8) is 0 Å². The molecular weight excluding hydrogens is 575 g/mol. The maximum atomic E-state index is 12.9. The largest absolute Gasteiger partial charge is 0.490 e. The fraction of sp³-hybridized carbons (Fsp3) is 0.152. The Balaban J connectivity index is 1.36. The molecule has 42 heavy (non-hydrogen) atoms. The molecule has 1 heterocycles. The van der Waals surface area contributed by atoms with Crippen LogP contribution in [0.4, 0.5) is 0 Å². The lowest BCUT2D eigenvalue weighted by Crippen LogP contribution is -2.21. The number of ether oxygens (including phenoxy) is 4. The molecule has 4 aromatic carbocycles. The summed E-state index contributed by atoms with van der Waals surface area (Å²) >= 11 is 12.6. The number of hydrogen-bond donors (Lipinski definition) is 1. The zero-order valence-corrected chi connectivity index (χ0v) is 24.1. The fourth-order valence-electron chi connectivity index (χ4n) is 4.53. The number of carbonyl (C=O) groups is 1. The highest BCUT2D eigenvalue weighted by molar-refractivity contribution is 6.37. The van der Waals surface area contributed by atoms with Crippen LogP contribution < -0.4 is 24.7 Å². The molecule has 1 aliphatic heterocycles. The first kappa shape index (κ1) is 28.9. The third-order valence-electron chi connectivity index (χ3n) is 6.55. The summed E-state index contributed by atoms with van der Waals surface area (Å²) in [6.07, 6.45) is 0.780. The van der Waals surface area contributed by atoms with Gasteiger partial charge in [0.1, 0.15) is 35.5 Å². The Bertz CT molecular complexity index is 1660. The van der Waals surface area contributed by atoms with Gasteiger partial charge >= 0.3 is 5.97 Å². The van der Waals surface area contributed by atoms with E-state index in [9.17, 15) is 10.1 Å². The van der Waals surface area contributed by atoms with Crippen LogP contribution in [0.3, 0.4) is 0 Å². The monoisotopic (exact) mass is 600 g/mol. The summed E-state index contributed by atoms with van der Waals surface area (Å²) < 4.78 is 22.8. The average molecular weight is 601 g/mol. The molecule has 0 fully saturated rings. The van der Waals surface area contributed by atoms with Gasteiger partial charge in [0, 0.05) is 11.6 Å². The first-order valence-electron chi connectivity index (χ1n) is 13.2. The van der Waals surface area contributed by atoms with Gasteiger partial charge < -0.3 is 24.7 Å². The number of nitriles is 1. The predicted octanol–water partition coefficient (Wildman–Crippen LogP) is 7.80. The van der Waals surface area contributed by atoms with Gasteiger partial charge in [-0.15, -0.1) is 0 Å². The van der Waals surface area contributed by atoms with Crippen LogP contribution in [0.1, 0.15) is 46.3 Å². The Labute approximate surface area is 253 Å². The van der Waals surface area contributed by atoms with Gasteiger partial charge in [-0.05, 0) is 47.9 Å². The molecule has 1 atom stereocenters. The molecule has 5 rings (SSSR count). The van der Waals surface area contributed by atoms with Gasteiger partial charge in [0.2, 0.25) is 5.88 Å². The molecule has 4 aromatic rings. The number of carbonyl (C=O) groups excluding carboxylic acids is 1. The van der Waals surface area contributed by atoms with Crippen molar-refractivity contribution in [2.75, 3.05) is 6.61 Å². The molecule has 1 unspecified atom stereocenters. The van der Waals surface area contributed by atoms with E-state index in [2.05, 4.69) is 6.07 Å². The lowest BCUT2D eigenvalue weighted by molar-refractivity contribution is 0.0734. The van der Waals surface area contributed by atoms with E-state index >= 15 is 0 Å². The lowest BCUT2D eigenvalue weighted by atomic mass is 9.83. The van der Waals surface area contributed by atoms with Crippen LogP contribution in [0.5, 0.6) is 23.0 Å². The Kier molecular flexibility index (Phi) is 8.87. The zero-order chi connectivity index (χ0) is 29.6. The van der Waals surface area contributed by atoms with E-state index in [1.54, 1.807) is 18.2 Å². The van der Waals surface area contributed by atoms with Crippen LogP contribution in [0.2, 0.25) is 10.0 Å².